The molecule has 1 aromatic rings. The molecule has 2 atom stereocenters. The van der Waals surface area contributed by atoms with E-state index in [2.05, 4.69) is 15.9 Å². The molecule has 1 heterocycles. The summed E-state index contributed by atoms with van der Waals surface area (Å²) in [5.41, 5.74) is 0.783. The van der Waals surface area contributed by atoms with E-state index < -0.39 is 0 Å². The van der Waals surface area contributed by atoms with Crippen LogP contribution in [0.2, 0.25) is 0 Å². The Bertz CT molecular complexity index is 399. The van der Waals surface area contributed by atoms with Crippen LogP contribution in [-0.2, 0) is 4.74 Å². The highest BCUT2D eigenvalue weighted by molar-refractivity contribution is 9.10. The quantitative estimate of drug-likeness (QED) is 0.766. The second-order valence-electron chi connectivity index (χ2n) is 4.48. The number of rotatable bonds is 5. The number of hydrogen-bond donors (Lipinski definition) is 0. The molecule has 0 radical (unpaired) electrons. The summed E-state index contributed by atoms with van der Waals surface area (Å²) in [5, 5.41) is -0.00428. The van der Waals surface area contributed by atoms with E-state index in [1.54, 1.807) is 11.8 Å². The molecule has 0 bridgehead atoms. The molecular weight excluding hydrogens is 312 g/mol. The van der Waals surface area contributed by atoms with Crippen LogP contribution in [0.15, 0.2) is 28.7 Å². The molecule has 0 N–H and O–H groups in total. The molecule has 0 aromatic heterocycles. The van der Waals surface area contributed by atoms with E-state index in [1.165, 1.54) is 0 Å². The van der Waals surface area contributed by atoms with Gasteiger partial charge in [0.2, 0.25) is 0 Å². The van der Waals surface area contributed by atoms with E-state index in [0.717, 1.165) is 35.2 Å². The van der Waals surface area contributed by atoms with Crippen molar-refractivity contribution in [3.05, 3.63) is 34.3 Å². The van der Waals surface area contributed by atoms with Crippen LogP contribution in [0.5, 0.6) is 0 Å². The molecular formula is C14H17BrO2S. The highest BCUT2D eigenvalue weighted by Crippen LogP contribution is 2.23. The number of ether oxygens (including phenoxy) is 1. The Labute approximate surface area is 121 Å². The SMILES string of the molecule is CC(SCC1CCCO1)C(=O)c1ccc(Br)cc1. The van der Waals surface area contributed by atoms with Crippen LogP contribution >= 0.6 is 27.7 Å². The van der Waals surface area contributed by atoms with Gasteiger partial charge in [-0.1, -0.05) is 28.1 Å². The zero-order valence-electron chi connectivity index (χ0n) is 10.4. The Balaban J connectivity index is 1.85. The maximum Gasteiger partial charge on any atom is 0.175 e. The summed E-state index contributed by atoms with van der Waals surface area (Å²) >= 11 is 5.07. The van der Waals surface area contributed by atoms with E-state index in [9.17, 15) is 4.79 Å². The highest BCUT2D eigenvalue weighted by atomic mass is 79.9. The van der Waals surface area contributed by atoms with Crippen molar-refractivity contribution in [1.82, 2.24) is 0 Å². The predicted octanol–water partition coefficient (Wildman–Crippen LogP) is 3.93. The van der Waals surface area contributed by atoms with Crippen LogP contribution in [0, 0.1) is 0 Å². The van der Waals surface area contributed by atoms with Crippen molar-refractivity contribution in [2.45, 2.75) is 31.1 Å². The third-order valence-electron chi connectivity index (χ3n) is 3.05. The van der Waals surface area contributed by atoms with E-state index in [4.69, 9.17) is 4.74 Å². The highest BCUT2D eigenvalue weighted by Gasteiger charge is 2.20. The molecule has 0 aliphatic carbocycles. The Morgan fingerprint density at radius 3 is 2.83 bits per heavy atom. The van der Waals surface area contributed by atoms with Crippen molar-refractivity contribution in [2.75, 3.05) is 12.4 Å². The van der Waals surface area contributed by atoms with Crippen LogP contribution in [0.4, 0.5) is 0 Å². The molecule has 1 aliphatic heterocycles. The van der Waals surface area contributed by atoms with Crippen LogP contribution in [-0.4, -0.2) is 29.5 Å². The number of halogens is 1. The molecule has 1 fully saturated rings. The number of Topliss-reactive ketones (excluding diaryl/α,β-unsaturated/α-hetero) is 1. The fourth-order valence-corrected chi connectivity index (χ4v) is 3.27. The molecule has 0 spiro atoms. The van der Waals surface area contributed by atoms with E-state index in [-0.39, 0.29) is 11.0 Å². The summed E-state index contributed by atoms with van der Waals surface area (Å²) in [5.74, 6) is 1.12. The first kappa shape index (κ1) is 14.1. The maximum atomic E-state index is 12.2. The fraction of sp³-hybridized carbons (Fsp3) is 0.500. The average Bonchev–Trinajstić information content (AvgIpc) is 2.89. The van der Waals surface area contributed by atoms with E-state index in [0.29, 0.717) is 6.10 Å². The summed E-state index contributed by atoms with van der Waals surface area (Å²) in [4.78, 5) is 12.2. The number of thioether (sulfide) groups is 1. The van der Waals surface area contributed by atoms with Gasteiger partial charge in [-0.25, -0.2) is 0 Å². The van der Waals surface area contributed by atoms with E-state index in [1.807, 2.05) is 31.2 Å². The van der Waals surface area contributed by atoms with Crippen LogP contribution < -0.4 is 0 Å². The van der Waals surface area contributed by atoms with Gasteiger partial charge in [0.15, 0.2) is 5.78 Å². The summed E-state index contributed by atoms with van der Waals surface area (Å²) in [6.07, 6.45) is 2.63. The lowest BCUT2D eigenvalue weighted by Crippen LogP contribution is -2.17. The minimum Gasteiger partial charge on any atom is -0.377 e. The molecule has 2 nitrogen and oxygen atoms in total. The third-order valence-corrected chi connectivity index (χ3v) is 4.86. The van der Waals surface area contributed by atoms with Gasteiger partial charge in [-0.05, 0) is 31.9 Å². The van der Waals surface area contributed by atoms with Gasteiger partial charge >= 0.3 is 0 Å². The van der Waals surface area contributed by atoms with Gasteiger partial charge in [0, 0.05) is 22.4 Å². The monoisotopic (exact) mass is 328 g/mol. The van der Waals surface area contributed by atoms with Gasteiger partial charge in [0.25, 0.3) is 0 Å². The number of hydrogen-bond acceptors (Lipinski definition) is 3. The standard InChI is InChI=1S/C14H17BrO2S/c1-10(18-9-13-3-2-8-17-13)14(16)11-4-6-12(15)7-5-11/h4-7,10,13H,2-3,8-9H2,1H3. The number of benzene rings is 1. The summed E-state index contributed by atoms with van der Waals surface area (Å²) in [7, 11) is 0. The van der Waals surface area contributed by atoms with Crippen molar-refractivity contribution < 1.29 is 9.53 Å². The van der Waals surface area contributed by atoms with Gasteiger partial charge in [0.1, 0.15) is 0 Å². The van der Waals surface area contributed by atoms with Crippen molar-refractivity contribution in [3.63, 3.8) is 0 Å². The minimum atomic E-state index is -0.00428. The third kappa shape index (κ3) is 3.84. The maximum absolute atomic E-state index is 12.2. The molecule has 1 aromatic carbocycles. The topological polar surface area (TPSA) is 26.3 Å². The molecule has 4 heteroatoms. The second-order valence-corrected chi connectivity index (χ2v) is 6.77. The second kappa shape index (κ2) is 6.73. The zero-order chi connectivity index (χ0) is 13.0. The van der Waals surface area contributed by atoms with E-state index >= 15 is 0 Å². The van der Waals surface area contributed by atoms with Crippen molar-refractivity contribution in [3.8, 4) is 0 Å². The zero-order valence-corrected chi connectivity index (χ0v) is 12.8. The van der Waals surface area contributed by atoms with Crippen LogP contribution in [0.3, 0.4) is 0 Å². The normalized spacial score (nSPS) is 20.9. The lowest BCUT2D eigenvalue weighted by Gasteiger charge is -2.13. The molecule has 0 amide bonds. The Morgan fingerprint density at radius 2 is 2.22 bits per heavy atom. The first-order valence-electron chi connectivity index (χ1n) is 6.20. The van der Waals surface area contributed by atoms with Gasteiger partial charge in [0.05, 0.1) is 11.4 Å². The summed E-state index contributed by atoms with van der Waals surface area (Å²) < 4.78 is 6.56. The van der Waals surface area contributed by atoms with Crippen molar-refractivity contribution in [1.29, 1.82) is 0 Å². The van der Waals surface area contributed by atoms with Crippen molar-refractivity contribution in [2.24, 2.45) is 0 Å². The van der Waals surface area contributed by atoms with Crippen LogP contribution in [0.25, 0.3) is 0 Å². The first-order valence-corrected chi connectivity index (χ1v) is 8.04. The summed E-state index contributed by atoms with van der Waals surface area (Å²) in [6.45, 7) is 2.85. The molecule has 18 heavy (non-hydrogen) atoms. The molecule has 1 saturated heterocycles. The Morgan fingerprint density at radius 1 is 1.50 bits per heavy atom. The minimum absolute atomic E-state index is 0.00428. The molecule has 1 aliphatic rings. The number of carbonyl (C=O) groups is 1. The largest absolute Gasteiger partial charge is 0.377 e. The fourth-order valence-electron chi connectivity index (χ4n) is 1.95. The van der Waals surface area contributed by atoms with Gasteiger partial charge < -0.3 is 4.74 Å². The van der Waals surface area contributed by atoms with Gasteiger partial charge in [-0.2, -0.15) is 0 Å². The van der Waals surface area contributed by atoms with Gasteiger partial charge in [-0.15, -0.1) is 11.8 Å². The molecule has 2 unspecified atom stereocenters. The predicted molar refractivity (Wildman–Crippen MR) is 79.4 cm³/mol. The molecule has 0 saturated carbocycles. The smallest absolute Gasteiger partial charge is 0.175 e. The Kier molecular flexibility index (Phi) is 5.27. The average molecular weight is 329 g/mol. The Hall–Kier alpha value is -0.320. The first-order chi connectivity index (χ1) is 8.66. The van der Waals surface area contributed by atoms with Crippen LogP contribution in [0.1, 0.15) is 30.1 Å². The number of ketones is 1. The lowest BCUT2D eigenvalue weighted by molar-refractivity contribution is 0.0993. The number of carbonyl (C=O) groups excluding carboxylic acids is 1. The van der Waals surface area contributed by atoms with Crippen molar-refractivity contribution >= 4 is 33.5 Å². The van der Waals surface area contributed by atoms with Gasteiger partial charge in [-0.3, -0.25) is 4.79 Å². The molecule has 2 rings (SSSR count). The lowest BCUT2D eigenvalue weighted by atomic mass is 10.1. The molecule has 98 valence electrons. The summed E-state index contributed by atoms with van der Waals surface area (Å²) in [6, 6.07) is 7.56.